The van der Waals surface area contributed by atoms with Crippen molar-refractivity contribution in [1.82, 2.24) is 14.7 Å². The van der Waals surface area contributed by atoms with Gasteiger partial charge in [0.2, 0.25) is 17.7 Å². The Kier molecular flexibility index (Phi) is 8.89. The second kappa shape index (κ2) is 13.2. The highest BCUT2D eigenvalue weighted by atomic mass is 16.5. The zero-order chi connectivity index (χ0) is 32.5. The number of rotatable bonds is 9. The molecular weight excluding hydrogens is 600 g/mol. The van der Waals surface area contributed by atoms with Gasteiger partial charge in [0.1, 0.15) is 17.4 Å². The molecular formula is C36H42N4O7. The van der Waals surface area contributed by atoms with Crippen molar-refractivity contribution in [2.24, 2.45) is 11.8 Å². The maximum atomic E-state index is 14.9. The number of likely N-dealkylation sites (tertiary alicyclic amines) is 1. The van der Waals surface area contributed by atoms with Crippen molar-refractivity contribution in [3.63, 3.8) is 0 Å². The predicted octanol–water partition coefficient (Wildman–Crippen LogP) is 2.03. The molecule has 5 aliphatic heterocycles. The third kappa shape index (κ3) is 5.54. The summed E-state index contributed by atoms with van der Waals surface area (Å²) >= 11 is 0. The van der Waals surface area contributed by atoms with Crippen LogP contribution >= 0.6 is 0 Å². The molecule has 1 N–H and O–H groups in total. The molecule has 248 valence electrons. The average molecular weight is 643 g/mol. The van der Waals surface area contributed by atoms with Crippen molar-refractivity contribution in [2.45, 2.75) is 30.7 Å². The van der Waals surface area contributed by atoms with Gasteiger partial charge in [-0.05, 0) is 36.8 Å². The van der Waals surface area contributed by atoms with Crippen LogP contribution in [0.4, 0.5) is 5.69 Å². The smallest absolute Gasteiger partial charge is 0.249 e. The lowest BCUT2D eigenvalue weighted by atomic mass is 9.77. The highest BCUT2D eigenvalue weighted by Gasteiger charge is 2.72. The summed E-state index contributed by atoms with van der Waals surface area (Å²) in [7, 11) is 0. The molecule has 5 heterocycles. The number of benzene rings is 2. The van der Waals surface area contributed by atoms with E-state index in [0.29, 0.717) is 63.0 Å². The van der Waals surface area contributed by atoms with E-state index in [9.17, 15) is 19.5 Å². The van der Waals surface area contributed by atoms with E-state index in [1.54, 1.807) is 9.80 Å². The van der Waals surface area contributed by atoms with E-state index in [1.165, 1.54) is 4.90 Å². The topological polar surface area (TPSA) is 112 Å². The Labute approximate surface area is 274 Å². The molecule has 3 amide bonds. The number of hydrogen-bond donors (Lipinski definition) is 1. The molecule has 11 heteroatoms. The van der Waals surface area contributed by atoms with E-state index in [1.807, 2.05) is 85.8 Å². The predicted molar refractivity (Wildman–Crippen MR) is 174 cm³/mol. The van der Waals surface area contributed by atoms with E-state index in [4.69, 9.17) is 14.2 Å². The van der Waals surface area contributed by atoms with Crippen molar-refractivity contribution in [1.29, 1.82) is 0 Å². The number of anilines is 1. The van der Waals surface area contributed by atoms with Gasteiger partial charge >= 0.3 is 0 Å². The molecule has 2 aromatic rings. The Balaban J connectivity index is 1.26. The second-order valence-corrected chi connectivity index (χ2v) is 12.6. The second-order valence-electron chi connectivity index (χ2n) is 12.6. The van der Waals surface area contributed by atoms with Gasteiger partial charge in [-0.1, -0.05) is 54.6 Å². The standard InChI is InChI=1S/C36H42N4O7/c1-2-46-27-13-11-26(12-14-27)39-17-6-10-29-30(33(39)42)31-34(43)40(28(24-41)25-8-4-3-5-9-25)32-35(44)38(16-7-15-36(31,32)47-29)19-18-37-20-22-45-23-21-37/h3-15,28-32,41H,2,16-24H2,1H3/t28-,29+,30-,31+,32?,36+/m1/s1. The molecule has 0 bridgehead atoms. The Morgan fingerprint density at radius 2 is 1.70 bits per heavy atom. The fourth-order valence-electron chi connectivity index (χ4n) is 7.90. The normalized spacial score (nSPS) is 29.7. The number of amides is 3. The first-order valence-corrected chi connectivity index (χ1v) is 16.6. The average Bonchev–Trinajstić information content (AvgIpc) is 3.42. The molecule has 3 fully saturated rings. The van der Waals surface area contributed by atoms with Crippen molar-refractivity contribution in [2.75, 3.05) is 70.6 Å². The van der Waals surface area contributed by atoms with Crippen LogP contribution in [0.1, 0.15) is 18.5 Å². The molecule has 5 aliphatic rings. The highest BCUT2D eigenvalue weighted by Crippen LogP contribution is 2.55. The molecule has 7 rings (SSSR count). The first kappa shape index (κ1) is 31.6. The summed E-state index contributed by atoms with van der Waals surface area (Å²) in [6.45, 7) is 6.77. The maximum absolute atomic E-state index is 14.9. The molecule has 11 nitrogen and oxygen atoms in total. The minimum Gasteiger partial charge on any atom is -0.494 e. The lowest BCUT2D eigenvalue weighted by Crippen LogP contribution is -2.57. The number of fused-ring (bicyclic) bond motifs is 2. The number of carbonyl (C=O) groups excluding carboxylic acids is 3. The minimum atomic E-state index is -1.39. The lowest BCUT2D eigenvalue weighted by molar-refractivity contribution is -0.150. The molecule has 6 atom stereocenters. The van der Waals surface area contributed by atoms with E-state index >= 15 is 0 Å². The molecule has 3 saturated heterocycles. The molecule has 47 heavy (non-hydrogen) atoms. The van der Waals surface area contributed by atoms with Gasteiger partial charge in [-0.2, -0.15) is 0 Å². The number of ether oxygens (including phenoxy) is 3. The third-order valence-electron chi connectivity index (χ3n) is 10.1. The van der Waals surface area contributed by atoms with Gasteiger partial charge in [-0.25, -0.2) is 0 Å². The van der Waals surface area contributed by atoms with Crippen LogP contribution in [-0.2, 0) is 23.9 Å². The van der Waals surface area contributed by atoms with Crippen molar-refractivity contribution < 1.29 is 33.7 Å². The monoisotopic (exact) mass is 642 g/mol. The molecule has 0 aromatic heterocycles. The molecule has 1 unspecified atom stereocenters. The van der Waals surface area contributed by atoms with Crippen LogP contribution in [0.25, 0.3) is 0 Å². The fraction of sp³-hybridized carbons (Fsp3) is 0.472. The van der Waals surface area contributed by atoms with Crippen LogP contribution < -0.4 is 9.64 Å². The Morgan fingerprint density at radius 3 is 2.43 bits per heavy atom. The number of nitrogens with zero attached hydrogens (tertiary/aromatic N) is 4. The number of aliphatic hydroxyl groups excluding tert-OH is 1. The van der Waals surface area contributed by atoms with Crippen molar-refractivity contribution >= 4 is 23.4 Å². The van der Waals surface area contributed by atoms with Crippen molar-refractivity contribution in [3.8, 4) is 5.75 Å². The molecule has 0 aliphatic carbocycles. The van der Waals surface area contributed by atoms with Gasteiger partial charge in [0.25, 0.3) is 0 Å². The minimum absolute atomic E-state index is 0.241. The summed E-state index contributed by atoms with van der Waals surface area (Å²) in [5.74, 6) is -1.98. The van der Waals surface area contributed by atoms with Gasteiger partial charge in [0, 0.05) is 45.0 Å². The number of carbonyl (C=O) groups is 3. The summed E-state index contributed by atoms with van der Waals surface area (Å²) in [5.41, 5.74) is 0.00297. The number of aliphatic hydroxyl groups is 1. The quantitative estimate of drug-likeness (QED) is 0.414. The number of hydrogen-bond acceptors (Lipinski definition) is 8. The summed E-state index contributed by atoms with van der Waals surface area (Å²) < 4.78 is 17.9. The zero-order valence-electron chi connectivity index (χ0n) is 26.6. The highest BCUT2D eigenvalue weighted by molar-refractivity contribution is 6.04. The van der Waals surface area contributed by atoms with Gasteiger partial charge in [0.05, 0.1) is 50.4 Å². The first-order chi connectivity index (χ1) is 23.0. The summed E-state index contributed by atoms with van der Waals surface area (Å²) in [6.07, 6.45) is 6.81. The third-order valence-corrected chi connectivity index (χ3v) is 10.1. The molecule has 0 radical (unpaired) electrons. The van der Waals surface area contributed by atoms with Crippen LogP contribution in [0.3, 0.4) is 0 Å². The van der Waals surface area contributed by atoms with Crippen LogP contribution in [0.2, 0.25) is 0 Å². The Morgan fingerprint density at radius 1 is 0.936 bits per heavy atom. The van der Waals surface area contributed by atoms with E-state index in [-0.39, 0.29) is 24.3 Å². The Bertz CT molecular complexity index is 1530. The van der Waals surface area contributed by atoms with E-state index in [0.717, 1.165) is 13.1 Å². The largest absolute Gasteiger partial charge is 0.494 e. The van der Waals surface area contributed by atoms with Crippen LogP contribution in [0.15, 0.2) is 78.9 Å². The van der Waals surface area contributed by atoms with Crippen LogP contribution in [0, 0.1) is 11.8 Å². The van der Waals surface area contributed by atoms with Crippen LogP contribution in [-0.4, -0.2) is 121 Å². The number of morpholine rings is 1. The van der Waals surface area contributed by atoms with E-state index in [2.05, 4.69) is 4.90 Å². The maximum Gasteiger partial charge on any atom is 0.249 e. The summed E-state index contributed by atoms with van der Waals surface area (Å²) in [5, 5.41) is 10.8. The van der Waals surface area contributed by atoms with Gasteiger partial charge in [-0.3, -0.25) is 19.3 Å². The SMILES string of the molecule is CCOc1ccc(N2CC=C[C@@H]3O[C@]45C=CCN(CCN6CCOCC6)C(=O)C4N([C@H](CO)c4ccccc4)C(=O)[C@@H]5[C@@H]3C2=O)cc1. The lowest BCUT2D eigenvalue weighted by Gasteiger charge is -2.39. The van der Waals surface area contributed by atoms with Crippen LogP contribution in [0.5, 0.6) is 5.75 Å². The van der Waals surface area contributed by atoms with Gasteiger partial charge in [-0.15, -0.1) is 0 Å². The summed E-state index contributed by atoms with van der Waals surface area (Å²) in [6, 6.07) is 14.7. The Hall–Kier alpha value is -4.03. The fourth-order valence-corrected chi connectivity index (χ4v) is 7.90. The van der Waals surface area contributed by atoms with Crippen molar-refractivity contribution in [3.05, 3.63) is 84.5 Å². The zero-order valence-corrected chi connectivity index (χ0v) is 26.6. The molecule has 2 aromatic carbocycles. The first-order valence-electron chi connectivity index (χ1n) is 16.6. The van der Waals surface area contributed by atoms with E-state index < -0.39 is 35.6 Å². The molecule has 0 saturated carbocycles. The summed E-state index contributed by atoms with van der Waals surface area (Å²) in [4.78, 5) is 51.4. The van der Waals surface area contributed by atoms with Gasteiger partial charge in [0.15, 0.2) is 0 Å². The molecule has 1 spiro atoms. The van der Waals surface area contributed by atoms with Gasteiger partial charge < -0.3 is 34.0 Å².